The number of imidazole rings is 1. The molecular formula is C27H24N2O2. The number of benzene rings is 3. The van der Waals surface area contributed by atoms with Crippen molar-refractivity contribution >= 4 is 16.4 Å². The molecule has 0 amide bonds. The van der Waals surface area contributed by atoms with Crippen LogP contribution in [-0.2, 0) is 6.42 Å². The Hall–Kier alpha value is -3.79. The molecule has 5 rings (SSSR count). The smallest absolute Gasteiger partial charge is 0.161 e. The number of hydrogen-bond donors (Lipinski definition) is 0. The standard InChI is InChI=1S/C27H24N2O2/c1-18-8-10-19(11-9-18)16-23-26(21-12-13-24(30-2)25(17-21)31-3)28-27-22-7-5-4-6-20(22)14-15-29(23)27/h4-15,17H,16H2,1-3H3. The molecule has 0 aliphatic carbocycles. The van der Waals surface area contributed by atoms with Crippen molar-refractivity contribution in [2.75, 3.05) is 14.2 Å². The van der Waals surface area contributed by atoms with Crippen molar-refractivity contribution in [3.8, 4) is 22.8 Å². The number of aryl methyl sites for hydroxylation is 1. The van der Waals surface area contributed by atoms with Crippen molar-refractivity contribution in [3.05, 3.63) is 95.8 Å². The molecule has 3 aromatic carbocycles. The topological polar surface area (TPSA) is 35.8 Å². The van der Waals surface area contributed by atoms with Gasteiger partial charge in [0.1, 0.15) is 5.65 Å². The summed E-state index contributed by atoms with van der Waals surface area (Å²) in [5.41, 5.74) is 6.59. The van der Waals surface area contributed by atoms with Gasteiger partial charge in [0.2, 0.25) is 0 Å². The largest absolute Gasteiger partial charge is 0.493 e. The Bertz CT molecular complexity index is 1380. The third kappa shape index (κ3) is 3.40. The van der Waals surface area contributed by atoms with E-state index in [2.05, 4.69) is 72.1 Å². The third-order valence-corrected chi connectivity index (χ3v) is 5.76. The predicted molar refractivity (Wildman–Crippen MR) is 125 cm³/mol. The molecule has 154 valence electrons. The second-order valence-corrected chi connectivity index (χ2v) is 7.74. The lowest BCUT2D eigenvalue weighted by Crippen LogP contribution is -1.97. The van der Waals surface area contributed by atoms with Gasteiger partial charge in [-0.05, 0) is 42.1 Å². The molecule has 0 saturated heterocycles. The number of pyridine rings is 1. The lowest BCUT2D eigenvalue weighted by atomic mass is 10.0. The normalized spacial score (nSPS) is 11.2. The Balaban J connectivity index is 1.75. The summed E-state index contributed by atoms with van der Waals surface area (Å²) in [5.74, 6) is 1.41. The average molecular weight is 409 g/mol. The van der Waals surface area contributed by atoms with Crippen LogP contribution in [0.4, 0.5) is 0 Å². The number of methoxy groups -OCH3 is 2. The molecular weight excluding hydrogens is 384 g/mol. The lowest BCUT2D eigenvalue weighted by Gasteiger charge is -2.10. The Morgan fingerprint density at radius 2 is 1.61 bits per heavy atom. The maximum Gasteiger partial charge on any atom is 0.161 e. The second-order valence-electron chi connectivity index (χ2n) is 7.74. The minimum absolute atomic E-state index is 0.697. The van der Waals surface area contributed by atoms with E-state index in [9.17, 15) is 0 Å². The van der Waals surface area contributed by atoms with Crippen molar-refractivity contribution in [2.24, 2.45) is 0 Å². The minimum atomic E-state index is 0.697. The van der Waals surface area contributed by atoms with Crippen LogP contribution in [0.2, 0.25) is 0 Å². The first-order valence-electron chi connectivity index (χ1n) is 10.3. The number of rotatable bonds is 5. The lowest BCUT2D eigenvalue weighted by molar-refractivity contribution is 0.355. The van der Waals surface area contributed by atoms with Crippen molar-refractivity contribution in [2.45, 2.75) is 13.3 Å². The van der Waals surface area contributed by atoms with Gasteiger partial charge in [-0.25, -0.2) is 4.98 Å². The van der Waals surface area contributed by atoms with Crippen molar-refractivity contribution in [3.63, 3.8) is 0 Å². The van der Waals surface area contributed by atoms with E-state index in [0.29, 0.717) is 11.5 Å². The average Bonchev–Trinajstić information content (AvgIpc) is 3.18. The molecule has 2 heterocycles. The summed E-state index contributed by atoms with van der Waals surface area (Å²) in [4.78, 5) is 5.12. The zero-order valence-corrected chi connectivity index (χ0v) is 17.9. The van der Waals surface area contributed by atoms with E-state index in [1.54, 1.807) is 14.2 Å². The highest BCUT2D eigenvalue weighted by atomic mass is 16.5. The van der Waals surface area contributed by atoms with E-state index in [-0.39, 0.29) is 0 Å². The number of fused-ring (bicyclic) bond motifs is 3. The molecule has 0 aliphatic heterocycles. The number of nitrogens with zero attached hydrogens (tertiary/aromatic N) is 2. The fourth-order valence-corrected chi connectivity index (χ4v) is 4.10. The molecule has 0 unspecified atom stereocenters. The summed E-state index contributed by atoms with van der Waals surface area (Å²) in [6, 6.07) is 25.2. The Kier molecular flexibility index (Phi) is 4.83. The molecule has 0 radical (unpaired) electrons. The van der Waals surface area contributed by atoms with Gasteiger partial charge in [0.25, 0.3) is 0 Å². The van der Waals surface area contributed by atoms with Gasteiger partial charge in [0.05, 0.1) is 25.6 Å². The van der Waals surface area contributed by atoms with Crippen LogP contribution in [-0.4, -0.2) is 23.6 Å². The SMILES string of the molecule is COc1ccc(-c2nc3c4ccccc4ccn3c2Cc2ccc(C)cc2)cc1OC. The molecule has 4 heteroatoms. The zero-order valence-electron chi connectivity index (χ0n) is 17.9. The molecule has 4 nitrogen and oxygen atoms in total. The zero-order chi connectivity index (χ0) is 21.4. The van der Waals surface area contributed by atoms with Crippen LogP contribution >= 0.6 is 0 Å². The summed E-state index contributed by atoms with van der Waals surface area (Å²) >= 11 is 0. The van der Waals surface area contributed by atoms with Gasteiger partial charge >= 0.3 is 0 Å². The van der Waals surface area contributed by atoms with E-state index in [0.717, 1.165) is 34.4 Å². The maximum atomic E-state index is 5.55. The van der Waals surface area contributed by atoms with Crippen LogP contribution in [0.5, 0.6) is 11.5 Å². The highest BCUT2D eigenvalue weighted by Crippen LogP contribution is 2.35. The first-order valence-corrected chi connectivity index (χ1v) is 10.3. The molecule has 5 aromatic rings. The number of aromatic nitrogens is 2. The first kappa shape index (κ1) is 19.2. The first-order chi connectivity index (χ1) is 15.2. The predicted octanol–water partition coefficient (Wildman–Crippen LogP) is 6.07. The van der Waals surface area contributed by atoms with Gasteiger partial charge < -0.3 is 13.9 Å². The van der Waals surface area contributed by atoms with Crippen molar-refractivity contribution in [1.29, 1.82) is 0 Å². The van der Waals surface area contributed by atoms with E-state index in [4.69, 9.17) is 14.5 Å². The Morgan fingerprint density at radius 3 is 2.39 bits per heavy atom. The summed E-state index contributed by atoms with van der Waals surface area (Å²) in [7, 11) is 3.31. The highest BCUT2D eigenvalue weighted by molar-refractivity contribution is 5.95. The van der Waals surface area contributed by atoms with Gasteiger partial charge in [-0.15, -0.1) is 0 Å². The molecule has 0 N–H and O–H groups in total. The summed E-state index contributed by atoms with van der Waals surface area (Å²) < 4.78 is 13.2. The molecule has 31 heavy (non-hydrogen) atoms. The quantitative estimate of drug-likeness (QED) is 0.354. The molecule has 0 fully saturated rings. The monoisotopic (exact) mass is 408 g/mol. The molecule has 0 atom stereocenters. The van der Waals surface area contributed by atoms with E-state index >= 15 is 0 Å². The summed E-state index contributed by atoms with van der Waals surface area (Å²) in [5, 5.41) is 2.32. The van der Waals surface area contributed by atoms with Crippen molar-refractivity contribution < 1.29 is 9.47 Å². The molecule has 0 saturated carbocycles. The van der Waals surface area contributed by atoms with Gasteiger partial charge in [-0.1, -0.05) is 54.1 Å². The van der Waals surface area contributed by atoms with Gasteiger partial charge in [0, 0.05) is 23.6 Å². The Morgan fingerprint density at radius 1 is 0.839 bits per heavy atom. The van der Waals surface area contributed by atoms with Crippen LogP contribution in [0.1, 0.15) is 16.8 Å². The van der Waals surface area contributed by atoms with E-state index in [1.165, 1.54) is 16.5 Å². The minimum Gasteiger partial charge on any atom is -0.493 e. The fraction of sp³-hybridized carbons (Fsp3) is 0.148. The van der Waals surface area contributed by atoms with Gasteiger partial charge in [0.15, 0.2) is 11.5 Å². The Labute approximate surface area is 181 Å². The van der Waals surface area contributed by atoms with Gasteiger partial charge in [-0.2, -0.15) is 0 Å². The highest BCUT2D eigenvalue weighted by Gasteiger charge is 2.18. The van der Waals surface area contributed by atoms with Crippen LogP contribution in [0.25, 0.3) is 27.7 Å². The number of hydrogen-bond acceptors (Lipinski definition) is 3. The molecule has 0 aliphatic rings. The van der Waals surface area contributed by atoms with E-state index in [1.807, 2.05) is 18.2 Å². The fourth-order valence-electron chi connectivity index (χ4n) is 4.10. The molecule has 2 aromatic heterocycles. The van der Waals surface area contributed by atoms with E-state index < -0.39 is 0 Å². The maximum absolute atomic E-state index is 5.55. The third-order valence-electron chi connectivity index (χ3n) is 5.76. The molecule has 0 spiro atoms. The molecule has 0 bridgehead atoms. The second kappa shape index (κ2) is 7.80. The summed E-state index contributed by atoms with van der Waals surface area (Å²) in [6.45, 7) is 2.11. The van der Waals surface area contributed by atoms with Crippen molar-refractivity contribution in [1.82, 2.24) is 9.38 Å². The van der Waals surface area contributed by atoms with Crippen LogP contribution in [0.15, 0.2) is 79.0 Å². The van der Waals surface area contributed by atoms with Crippen LogP contribution in [0.3, 0.4) is 0 Å². The van der Waals surface area contributed by atoms with Crippen LogP contribution < -0.4 is 9.47 Å². The summed E-state index contributed by atoms with van der Waals surface area (Å²) in [6.07, 6.45) is 2.90. The number of ether oxygens (including phenoxy) is 2. The van der Waals surface area contributed by atoms with Crippen LogP contribution in [0, 0.1) is 6.92 Å². The van der Waals surface area contributed by atoms with Gasteiger partial charge in [-0.3, -0.25) is 0 Å².